The summed E-state index contributed by atoms with van der Waals surface area (Å²) >= 11 is 0. The fraction of sp³-hybridized carbons (Fsp3) is 0.533. The number of nitrogens with zero attached hydrogens (tertiary/aromatic N) is 4. The zero-order chi connectivity index (χ0) is 14.2. The van der Waals surface area contributed by atoms with Gasteiger partial charge in [-0.2, -0.15) is 5.10 Å². The summed E-state index contributed by atoms with van der Waals surface area (Å²) in [5, 5.41) is 7.67. The first-order chi connectivity index (χ1) is 10.3. The van der Waals surface area contributed by atoms with E-state index in [0.717, 1.165) is 50.9 Å². The van der Waals surface area contributed by atoms with E-state index in [1.54, 1.807) is 16.9 Å². The van der Waals surface area contributed by atoms with E-state index in [1.165, 1.54) is 0 Å². The van der Waals surface area contributed by atoms with E-state index in [-0.39, 0.29) is 5.91 Å². The Kier molecular flexibility index (Phi) is 3.11. The minimum absolute atomic E-state index is 0.0663. The molecular formula is C15H19N5O. The van der Waals surface area contributed by atoms with Crippen molar-refractivity contribution in [2.75, 3.05) is 26.2 Å². The average molecular weight is 285 g/mol. The molecule has 2 aromatic rings. The highest BCUT2D eigenvalue weighted by Crippen LogP contribution is 2.27. The molecule has 0 unspecified atom stereocenters. The smallest absolute Gasteiger partial charge is 0.259 e. The van der Waals surface area contributed by atoms with Crippen LogP contribution in [0.15, 0.2) is 24.7 Å². The number of nitrogens with one attached hydrogen (secondary N) is 1. The van der Waals surface area contributed by atoms with E-state index < -0.39 is 0 Å². The van der Waals surface area contributed by atoms with Gasteiger partial charge in [-0.1, -0.05) is 0 Å². The van der Waals surface area contributed by atoms with Gasteiger partial charge in [0.15, 0.2) is 5.65 Å². The van der Waals surface area contributed by atoms with Gasteiger partial charge in [-0.25, -0.2) is 9.50 Å². The number of carbonyl (C=O) groups is 1. The maximum Gasteiger partial charge on any atom is 0.259 e. The van der Waals surface area contributed by atoms with Crippen LogP contribution in [-0.4, -0.2) is 51.6 Å². The number of hydrogen-bond acceptors (Lipinski definition) is 4. The lowest BCUT2D eigenvalue weighted by Crippen LogP contribution is -2.32. The van der Waals surface area contributed by atoms with Gasteiger partial charge < -0.3 is 10.2 Å². The number of likely N-dealkylation sites (tertiary alicyclic amines) is 1. The summed E-state index contributed by atoms with van der Waals surface area (Å²) in [5.41, 5.74) is 1.26. The van der Waals surface area contributed by atoms with Gasteiger partial charge in [0.1, 0.15) is 5.56 Å². The molecule has 21 heavy (non-hydrogen) atoms. The predicted molar refractivity (Wildman–Crippen MR) is 78.0 cm³/mol. The van der Waals surface area contributed by atoms with Crippen molar-refractivity contribution in [1.29, 1.82) is 0 Å². The number of fused-ring (bicyclic) bond motifs is 2. The molecule has 4 rings (SSSR count). The van der Waals surface area contributed by atoms with Crippen LogP contribution < -0.4 is 5.32 Å². The molecular weight excluding hydrogens is 266 g/mol. The third-order valence-electron chi connectivity index (χ3n) is 4.82. The van der Waals surface area contributed by atoms with Gasteiger partial charge in [-0.05, 0) is 43.8 Å². The fourth-order valence-electron chi connectivity index (χ4n) is 3.57. The third kappa shape index (κ3) is 2.19. The predicted octanol–water partition coefficient (Wildman–Crippen LogP) is 0.801. The van der Waals surface area contributed by atoms with Crippen molar-refractivity contribution >= 4 is 11.6 Å². The van der Waals surface area contributed by atoms with E-state index in [4.69, 9.17) is 0 Å². The number of carbonyl (C=O) groups excluding carboxylic acids is 1. The molecule has 2 aliphatic rings. The van der Waals surface area contributed by atoms with E-state index >= 15 is 0 Å². The quantitative estimate of drug-likeness (QED) is 0.842. The molecule has 6 nitrogen and oxygen atoms in total. The molecule has 0 bridgehead atoms. The Morgan fingerprint density at radius 2 is 2.00 bits per heavy atom. The minimum atomic E-state index is 0.0663. The lowest BCUT2D eigenvalue weighted by molar-refractivity contribution is 0.0760. The van der Waals surface area contributed by atoms with Gasteiger partial charge in [-0.15, -0.1) is 0 Å². The molecule has 1 N–H and O–H groups in total. The fourth-order valence-corrected chi connectivity index (χ4v) is 3.57. The number of hydrogen-bond donors (Lipinski definition) is 1. The molecule has 2 saturated heterocycles. The number of rotatable bonds is 1. The van der Waals surface area contributed by atoms with Gasteiger partial charge in [-0.3, -0.25) is 4.79 Å². The Morgan fingerprint density at radius 1 is 1.24 bits per heavy atom. The first-order valence-electron chi connectivity index (χ1n) is 7.61. The van der Waals surface area contributed by atoms with E-state index in [2.05, 4.69) is 15.4 Å². The van der Waals surface area contributed by atoms with Gasteiger partial charge >= 0.3 is 0 Å². The van der Waals surface area contributed by atoms with Gasteiger partial charge in [0, 0.05) is 25.5 Å². The van der Waals surface area contributed by atoms with E-state index in [1.807, 2.05) is 17.2 Å². The summed E-state index contributed by atoms with van der Waals surface area (Å²) < 4.78 is 1.66. The summed E-state index contributed by atoms with van der Waals surface area (Å²) in [6.45, 7) is 3.88. The molecule has 2 fully saturated rings. The third-order valence-corrected chi connectivity index (χ3v) is 4.82. The maximum absolute atomic E-state index is 12.8. The number of amides is 1. The molecule has 2 atom stereocenters. The minimum Gasteiger partial charge on any atom is -0.338 e. The van der Waals surface area contributed by atoms with Crippen LogP contribution >= 0.6 is 0 Å². The first-order valence-corrected chi connectivity index (χ1v) is 7.61. The highest BCUT2D eigenvalue weighted by molar-refractivity contribution is 5.99. The molecule has 110 valence electrons. The Balaban J connectivity index is 1.57. The Hall–Kier alpha value is -1.95. The van der Waals surface area contributed by atoms with Crippen molar-refractivity contribution in [2.45, 2.75) is 12.8 Å². The van der Waals surface area contributed by atoms with Crippen LogP contribution in [0.4, 0.5) is 0 Å². The van der Waals surface area contributed by atoms with E-state index in [0.29, 0.717) is 11.2 Å². The lowest BCUT2D eigenvalue weighted by atomic mass is 9.92. The summed E-state index contributed by atoms with van der Waals surface area (Å²) in [6.07, 6.45) is 7.34. The molecule has 4 heterocycles. The second-order valence-electron chi connectivity index (χ2n) is 5.99. The second-order valence-corrected chi connectivity index (χ2v) is 5.99. The second kappa shape index (κ2) is 5.11. The van der Waals surface area contributed by atoms with Crippen LogP contribution in [-0.2, 0) is 0 Å². The molecule has 6 heteroatoms. The molecule has 0 spiro atoms. The first kappa shape index (κ1) is 12.8. The molecule has 0 aromatic carbocycles. The molecule has 0 aliphatic carbocycles. The maximum atomic E-state index is 12.8. The van der Waals surface area contributed by atoms with Crippen LogP contribution in [0.2, 0.25) is 0 Å². The highest BCUT2D eigenvalue weighted by Gasteiger charge is 2.32. The van der Waals surface area contributed by atoms with Crippen molar-refractivity contribution < 1.29 is 4.79 Å². The highest BCUT2D eigenvalue weighted by atomic mass is 16.2. The summed E-state index contributed by atoms with van der Waals surface area (Å²) in [4.78, 5) is 19.0. The molecule has 0 saturated carbocycles. The zero-order valence-corrected chi connectivity index (χ0v) is 11.9. The van der Waals surface area contributed by atoms with Gasteiger partial charge in [0.05, 0.1) is 6.20 Å². The van der Waals surface area contributed by atoms with Gasteiger partial charge in [0.2, 0.25) is 0 Å². The van der Waals surface area contributed by atoms with Crippen molar-refractivity contribution in [1.82, 2.24) is 24.8 Å². The largest absolute Gasteiger partial charge is 0.338 e. The van der Waals surface area contributed by atoms with Crippen molar-refractivity contribution in [3.63, 3.8) is 0 Å². The lowest BCUT2D eigenvalue weighted by Gasteiger charge is -2.20. The van der Waals surface area contributed by atoms with Gasteiger partial charge in [0.25, 0.3) is 5.91 Å². The number of aromatic nitrogens is 3. The van der Waals surface area contributed by atoms with Crippen LogP contribution in [0, 0.1) is 11.8 Å². The summed E-state index contributed by atoms with van der Waals surface area (Å²) in [7, 11) is 0. The van der Waals surface area contributed by atoms with E-state index in [9.17, 15) is 4.79 Å². The van der Waals surface area contributed by atoms with Crippen LogP contribution in [0.3, 0.4) is 0 Å². The van der Waals surface area contributed by atoms with Crippen LogP contribution in [0.25, 0.3) is 5.65 Å². The molecule has 2 aliphatic heterocycles. The zero-order valence-electron chi connectivity index (χ0n) is 11.9. The summed E-state index contributed by atoms with van der Waals surface area (Å²) in [5.74, 6) is 1.52. The monoisotopic (exact) mass is 285 g/mol. The van der Waals surface area contributed by atoms with Crippen molar-refractivity contribution in [2.24, 2.45) is 11.8 Å². The standard InChI is InChI=1S/C15H19N5O/c21-15(13-10-18-20-5-1-4-17-14(13)20)19-6-2-11-8-16-9-12(11)3-7-19/h1,4-5,10-12,16H,2-3,6-9H2/t11-,12+. The normalized spacial score (nSPS) is 25.8. The Labute approximate surface area is 123 Å². The summed E-state index contributed by atoms with van der Waals surface area (Å²) in [6, 6.07) is 1.81. The topological polar surface area (TPSA) is 62.5 Å². The van der Waals surface area contributed by atoms with Crippen LogP contribution in [0.1, 0.15) is 23.2 Å². The van der Waals surface area contributed by atoms with Crippen molar-refractivity contribution in [3.8, 4) is 0 Å². The van der Waals surface area contributed by atoms with Crippen LogP contribution in [0.5, 0.6) is 0 Å². The molecule has 1 amide bonds. The van der Waals surface area contributed by atoms with Crippen molar-refractivity contribution in [3.05, 3.63) is 30.2 Å². The average Bonchev–Trinajstić information content (AvgIpc) is 3.09. The Bertz CT molecular complexity index is 653. The Morgan fingerprint density at radius 3 is 2.76 bits per heavy atom. The molecule has 0 radical (unpaired) electrons. The molecule has 2 aromatic heterocycles. The SMILES string of the molecule is O=C(c1cnn2cccnc12)N1CC[C@@H]2CNC[C@@H]2CC1.